The fraction of sp³-hybridized carbons (Fsp3) is 0.474. The number of allylic oxidation sites excluding steroid dienone is 1. The molecule has 0 N–H and O–H groups in total. The second-order valence-electron chi connectivity index (χ2n) is 7.08. The molecule has 0 spiro atoms. The van der Waals surface area contributed by atoms with Gasteiger partial charge < -0.3 is 14.2 Å². The molecule has 0 aromatic heterocycles. The van der Waals surface area contributed by atoms with Crippen LogP contribution in [0.25, 0.3) is 0 Å². The number of esters is 2. The van der Waals surface area contributed by atoms with E-state index in [-0.39, 0.29) is 0 Å². The van der Waals surface area contributed by atoms with Crippen LogP contribution >= 0.6 is 0 Å². The first-order valence-corrected chi connectivity index (χ1v) is 8.43. The van der Waals surface area contributed by atoms with E-state index in [9.17, 15) is 31.5 Å². The lowest BCUT2D eigenvalue weighted by molar-refractivity contribution is -0.147. The molecule has 0 radical (unpaired) electrons. The van der Waals surface area contributed by atoms with Crippen LogP contribution in [-0.2, 0) is 37.0 Å². The van der Waals surface area contributed by atoms with Gasteiger partial charge in [0.2, 0.25) is 5.83 Å². The molecule has 0 heterocycles. The van der Waals surface area contributed by atoms with Crippen molar-refractivity contribution < 1.29 is 45.8 Å². The fourth-order valence-electron chi connectivity index (χ4n) is 3.12. The molecule has 5 nitrogen and oxygen atoms in total. The molecule has 1 aromatic carbocycles. The normalized spacial score (nSPS) is 20.4. The van der Waals surface area contributed by atoms with E-state index in [0.29, 0.717) is 0 Å². The van der Waals surface area contributed by atoms with Crippen LogP contribution in [0.4, 0.5) is 22.0 Å². The van der Waals surface area contributed by atoms with Crippen molar-refractivity contribution in [2.45, 2.75) is 27.1 Å². The molecule has 10 heteroatoms. The van der Waals surface area contributed by atoms with Crippen LogP contribution in [0, 0.1) is 40.5 Å². The smallest absolute Gasteiger partial charge is 0.366 e. The number of benzene rings is 1. The van der Waals surface area contributed by atoms with Gasteiger partial charge in [0, 0.05) is 7.11 Å². The standard InChI is InChI=1S/C19H19F5O5/c1-19(2)10(5-11(20)17(25)28-4)12(19)18(26)29-7-9-15(23)13(21)8(6-27-3)14(22)16(9)24/h5,10,12H,6-7H2,1-4H3/t10-,12+/m1/s1. The minimum absolute atomic E-state index is 0.693. The molecule has 1 aromatic rings. The van der Waals surface area contributed by atoms with Crippen LogP contribution in [0.15, 0.2) is 11.9 Å². The van der Waals surface area contributed by atoms with Gasteiger partial charge in [0.15, 0.2) is 23.3 Å². The van der Waals surface area contributed by atoms with Crippen molar-refractivity contribution in [1.82, 2.24) is 0 Å². The molecular formula is C19H19F5O5. The monoisotopic (exact) mass is 422 g/mol. The molecule has 2 atom stereocenters. The lowest BCUT2D eigenvalue weighted by Gasteiger charge is -2.12. The summed E-state index contributed by atoms with van der Waals surface area (Å²) in [5.41, 5.74) is -2.83. The third kappa shape index (κ3) is 4.26. The third-order valence-electron chi connectivity index (χ3n) is 4.96. The number of hydrogen-bond acceptors (Lipinski definition) is 5. The highest BCUT2D eigenvalue weighted by molar-refractivity contribution is 5.86. The highest BCUT2D eigenvalue weighted by atomic mass is 19.2. The van der Waals surface area contributed by atoms with Crippen LogP contribution < -0.4 is 0 Å². The highest BCUT2D eigenvalue weighted by Gasteiger charge is 2.62. The van der Waals surface area contributed by atoms with E-state index in [4.69, 9.17) is 4.74 Å². The summed E-state index contributed by atoms with van der Waals surface area (Å²) in [4.78, 5) is 23.4. The van der Waals surface area contributed by atoms with Crippen LogP contribution in [-0.4, -0.2) is 26.2 Å². The van der Waals surface area contributed by atoms with Gasteiger partial charge in [-0.05, 0) is 17.4 Å². The highest BCUT2D eigenvalue weighted by Crippen LogP contribution is 2.60. The first kappa shape index (κ1) is 22.8. The van der Waals surface area contributed by atoms with E-state index >= 15 is 0 Å². The Morgan fingerprint density at radius 2 is 1.45 bits per heavy atom. The fourth-order valence-corrected chi connectivity index (χ4v) is 3.12. The topological polar surface area (TPSA) is 61.8 Å². The molecule has 1 aliphatic rings. The average molecular weight is 422 g/mol. The predicted molar refractivity (Wildman–Crippen MR) is 88.8 cm³/mol. The Balaban J connectivity index is 2.17. The maximum absolute atomic E-state index is 14.1. The Bertz CT molecular complexity index is 836. The van der Waals surface area contributed by atoms with Gasteiger partial charge >= 0.3 is 11.9 Å². The Morgan fingerprint density at radius 1 is 0.966 bits per heavy atom. The lowest BCUT2D eigenvalue weighted by Crippen LogP contribution is -2.15. The van der Waals surface area contributed by atoms with E-state index < -0.39 is 82.6 Å². The molecule has 1 aliphatic carbocycles. The summed E-state index contributed by atoms with van der Waals surface area (Å²) in [6.07, 6.45) is 0.901. The van der Waals surface area contributed by atoms with Crippen molar-refractivity contribution in [2.24, 2.45) is 17.3 Å². The molecule has 0 aliphatic heterocycles. The first-order valence-electron chi connectivity index (χ1n) is 8.43. The molecule has 0 saturated heterocycles. The number of rotatable bonds is 7. The van der Waals surface area contributed by atoms with Crippen LogP contribution in [0.1, 0.15) is 25.0 Å². The molecule has 0 amide bonds. The molecular weight excluding hydrogens is 403 g/mol. The summed E-state index contributed by atoms with van der Waals surface area (Å²) >= 11 is 0. The second kappa shape index (κ2) is 8.48. The third-order valence-corrected chi connectivity index (χ3v) is 4.96. The zero-order valence-electron chi connectivity index (χ0n) is 16.1. The van der Waals surface area contributed by atoms with Crippen molar-refractivity contribution in [3.8, 4) is 0 Å². The van der Waals surface area contributed by atoms with Gasteiger partial charge in [-0.1, -0.05) is 13.8 Å². The molecule has 29 heavy (non-hydrogen) atoms. The SMILES string of the molecule is COCc1c(F)c(F)c(COC(=O)[C@@H]2[C@@H](C=C(F)C(=O)OC)C2(C)C)c(F)c1F. The molecule has 2 rings (SSSR count). The maximum atomic E-state index is 14.1. The zero-order valence-corrected chi connectivity index (χ0v) is 16.1. The van der Waals surface area contributed by atoms with Crippen molar-refractivity contribution in [2.75, 3.05) is 14.2 Å². The summed E-state index contributed by atoms with van der Waals surface area (Å²) in [5.74, 6) is -11.7. The van der Waals surface area contributed by atoms with Gasteiger partial charge in [-0.2, -0.15) is 4.39 Å². The Labute approximate surface area is 163 Å². The van der Waals surface area contributed by atoms with Gasteiger partial charge in [0.05, 0.1) is 30.8 Å². The van der Waals surface area contributed by atoms with Gasteiger partial charge in [-0.15, -0.1) is 0 Å². The van der Waals surface area contributed by atoms with E-state index in [1.54, 1.807) is 13.8 Å². The number of carbonyl (C=O) groups is 2. The Kier molecular flexibility index (Phi) is 6.67. The average Bonchev–Trinajstić information content (AvgIpc) is 3.22. The zero-order chi connectivity index (χ0) is 22.1. The van der Waals surface area contributed by atoms with E-state index in [2.05, 4.69) is 9.47 Å². The van der Waals surface area contributed by atoms with E-state index in [1.165, 1.54) is 0 Å². The van der Waals surface area contributed by atoms with Crippen molar-refractivity contribution in [3.05, 3.63) is 46.3 Å². The summed E-state index contributed by atoms with van der Waals surface area (Å²) in [7, 11) is 2.08. The summed E-state index contributed by atoms with van der Waals surface area (Å²) < 4.78 is 83.2. The van der Waals surface area contributed by atoms with Gasteiger partial charge in [-0.3, -0.25) is 4.79 Å². The number of carbonyl (C=O) groups excluding carboxylic acids is 2. The molecule has 1 fully saturated rings. The van der Waals surface area contributed by atoms with Crippen molar-refractivity contribution in [1.29, 1.82) is 0 Å². The number of hydrogen-bond donors (Lipinski definition) is 0. The van der Waals surface area contributed by atoms with Gasteiger partial charge in [0.1, 0.15) is 6.61 Å². The van der Waals surface area contributed by atoms with Gasteiger partial charge in [-0.25, -0.2) is 22.4 Å². The minimum atomic E-state index is -1.70. The minimum Gasteiger partial charge on any atom is -0.464 e. The summed E-state index contributed by atoms with van der Waals surface area (Å²) in [5, 5.41) is 0. The van der Waals surface area contributed by atoms with Crippen LogP contribution in [0.3, 0.4) is 0 Å². The van der Waals surface area contributed by atoms with Crippen LogP contribution in [0.5, 0.6) is 0 Å². The summed E-state index contributed by atoms with van der Waals surface area (Å²) in [6, 6.07) is 0. The van der Waals surface area contributed by atoms with E-state index in [0.717, 1.165) is 20.3 Å². The quantitative estimate of drug-likeness (QED) is 0.290. The summed E-state index contributed by atoms with van der Waals surface area (Å²) in [6.45, 7) is 1.41. The first-order chi connectivity index (χ1) is 13.5. The van der Waals surface area contributed by atoms with Gasteiger partial charge in [0.25, 0.3) is 0 Å². The second-order valence-corrected chi connectivity index (χ2v) is 7.08. The van der Waals surface area contributed by atoms with Crippen LogP contribution in [0.2, 0.25) is 0 Å². The predicted octanol–water partition coefficient (Wildman–Crippen LogP) is 3.73. The lowest BCUT2D eigenvalue weighted by atomic mass is 10.1. The van der Waals surface area contributed by atoms with Crippen molar-refractivity contribution >= 4 is 11.9 Å². The molecule has 0 bridgehead atoms. The number of ether oxygens (including phenoxy) is 3. The number of methoxy groups -OCH3 is 2. The largest absolute Gasteiger partial charge is 0.464 e. The Morgan fingerprint density at radius 3 is 1.90 bits per heavy atom. The Hall–Kier alpha value is -2.49. The molecule has 1 saturated carbocycles. The van der Waals surface area contributed by atoms with E-state index in [1.807, 2.05) is 0 Å². The molecule has 0 unspecified atom stereocenters. The van der Waals surface area contributed by atoms with Crippen molar-refractivity contribution in [3.63, 3.8) is 0 Å². The maximum Gasteiger partial charge on any atom is 0.366 e. The number of halogens is 5. The molecule has 160 valence electrons.